The van der Waals surface area contributed by atoms with Crippen LogP contribution in [0.1, 0.15) is 37.8 Å². The van der Waals surface area contributed by atoms with Crippen molar-refractivity contribution in [2.24, 2.45) is 5.92 Å². The third-order valence-corrected chi connectivity index (χ3v) is 5.73. The Hall–Kier alpha value is -3.86. The first-order chi connectivity index (χ1) is 17.7. The number of carboxylic acid groups (broad SMARTS) is 1. The number of rotatable bonds is 7. The second-order valence-corrected chi connectivity index (χ2v) is 10.0. The molecule has 1 fully saturated rings. The summed E-state index contributed by atoms with van der Waals surface area (Å²) in [7, 11) is 0. The summed E-state index contributed by atoms with van der Waals surface area (Å²) in [4.78, 5) is 37.3. The summed E-state index contributed by atoms with van der Waals surface area (Å²) in [5.41, 5.74) is 1.30. The van der Waals surface area contributed by atoms with E-state index in [1.54, 1.807) is 75.4 Å². The summed E-state index contributed by atoms with van der Waals surface area (Å²) in [6.45, 7) is 3.87. The highest BCUT2D eigenvalue weighted by atomic mass is 19.4. The standard InChI is InChI=1S/C27H30F3N3O5/c1-26(2,3)38-25(37)32-22-7-5-4-6-21(22)31-23(34)13-10-17-8-11-18(12-9-17)19-14-33(16-27(28,29)30)15-20(19)24(35)36/h4-13,19-20H,14-16H2,1-3H3,(H,31,34)(H,32,37)(H,35,36)/b13-10+. The Labute approximate surface area is 218 Å². The number of aliphatic carboxylic acids is 1. The number of para-hydroxylation sites is 2. The van der Waals surface area contributed by atoms with E-state index in [9.17, 15) is 32.7 Å². The summed E-state index contributed by atoms with van der Waals surface area (Å²) in [5.74, 6) is -3.12. The predicted octanol–water partition coefficient (Wildman–Crippen LogP) is 5.35. The van der Waals surface area contributed by atoms with Crippen molar-refractivity contribution in [3.63, 3.8) is 0 Å². The van der Waals surface area contributed by atoms with Gasteiger partial charge in [0.25, 0.3) is 0 Å². The molecule has 1 heterocycles. The van der Waals surface area contributed by atoms with Gasteiger partial charge in [0.2, 0.25) is 5.91 Å². The van der Waals surface area contributed by atoms with Crippen LogP contribution in [0.2, 0.25) is 0 Å². The van der Waals surface area contributed by atoms with Gasteiger partial charge in [0.05, 0.1) is 23.8 Å². The van der Waals surface area contributed by atoms with Crippen LogP contribution in [0.5, 0.6) is 0 Å². The number of ether oxygens (including phenoxy) is 1. The molecule has 0 radical (unpaired) electrons. The van der Waals surface area contributed by atoms with Crippen LogP contribution in [-0.4, -0.2) is 59.4 Å². The van der Waals surface area contributed by atoms with E-state index in [0.717, 1.165) is 4.90 Å². The van der Waals surface area contributed by atoms with Gasteiger partial charge < -0.3 is 15.2 Å². The zero-order valence-corrected chi connectivity index (χ0v) is 21.2. The first kappa shape index (κ1) is 28.7. The van der Waals surface area contributed by atoms with Crippen LogP contribution in [-0.2, 0) is 14.3 Å². The van der Waals surface area contributed by atoms with Gasteiger partial charge in [-0.1, -0.05) is 36.4 Å². The van der Waals surface area contributed by atoms with Crippen LogP contribution in [0.25, 0.3) is 6.08 Å². The van der Waals surface area contributed by atoms with Gasteiger partial charge in [-0.25, -0.2) is 4.79 Å². The van der Waals surface area contributed by atoms with Crippen molar-refractivity contribution in [3.8, 4) is 0 Å². The molecule has 2 aromatic carbocycles. The molecule has 2 atom stereocenters. The molecule has 11 heteroatoms. The fraction of sp³-hybridized carbons (Fsp3) is 0.370. The molecule has 0 saturated carbocycles. The van der Waals surface area contributed by atoms with Crippen LogP contribution >= 0.6 is 0 Å². The molecule has 1 aliphatic heterocycles. The monoisotopic (exact) mass is 533 g/mol. The van der Waals surface area contributed by atoms with Crippen molar-refractivity contribution in [3.05, 3.63) is 65.7 Å². The van der Waals surface area contributed by atoms with Crippen LogP contribution < -0.4 is 10.6 Å². The Morgan fingerprint density at radius 3 is 2.16 bits per heavy atom. The Morgan fingerprint density at radius 1 is 1.00 bits per heavy atom. The predicted molar refractivity (Wildman–Crippen MR) is 137 cm³/mol. The summed E-state index contributed by atoms with van der Waals surface area (Å²) in [5, 5.41) is 14.8. The largest absolute Gasteiger partial charge is 0.481 e. The second-order valence-electron chi connectivity index (χ2n) is 10.0. The number of anilines is 2. The molecule has 2 amide bonds. The second kappa shape index (κ2) is 11.7. The van der Waals surface area contributed by atoms with E-state index < -0.39 is 48.1 Å². The summed E-state index contributed by atoms with van der Waals surface area (Å²) in [6, 6.07) is 13.3. The fourth-order valence-electron chi connectivity index (χ4n) is 4.17. The maximum Gasteiger partial charge on any atom is 0.412 e. The molecule has 2 aromatic rings. The lowest BCUT2D eigenvalue weighted by molar-refractivity contribution is -0.147. The number of carboxylic acids is 1. The SMILES string of the molecule is CC(C)(C)OC(=O)Nc1ccccc1NC(=O)/C=C/c1ccc(C2CN(CC(F)(F)F)CC2C(=O)O)cc1. The number of alkyl halides is 3. The van der Waals surface area contributed by atoms with E-state index in [1.165, 1.54) is 6.08 Å². The van der Waals surface area contributed by atoms with E-state index in [4.69, 9.17) is 4.74 Å². The van der Waals surface area contributed by atoms with Crippen molar-refractivity contribution in [1.82, 2.24) is 4.90 Å². The van der Waals surface area contributed by atoms with Crippen LogP contribution in [0, 0.1) is 5.92 Å². The maximum absolute atomic E-state index is 12.8. The highest BCUT2D eigenvalue weighted by Crippen LogP contribution is 2.34. The molecule has 0 spiro atoms. The fourth-order valence-corrected chi connectivity index (χ4v) is 4.17. The van der Waals surface area contributed by atoms with Crippen LogP contribution in [0.4, 0.5) is 29.3 Å². The number of hydrogen-bond acceptors (Lipinski definition) is 5. The first-order valence-corrected chi connectivity index (χ1v) is 11.9. The topological polar surface area (TPSA) is 108 Å². The number of carbonyl (C=O) groups is 3. The molecule has 1 saturated heterocycles. The van der Waals surface area contributed by atoms with E-state index >= 15 is 0 Å². The normalized spacial score (nSPS) is 18.4. The Morgan fingerprint density at radius 2 is 1.61 bits per heavy atom. The van der Waals surface area contributed by atoms with Crippen molar-refractivity contribution >= 4 is 35.4 Å². The number of halogens is 3. The zero-order valence-electron chi connectivity index (χ0n) is 21.2. The summed E-state index contributed by atoms with van der Waals surface area (Å²) >= 11 is 0. The molecule has 0 aromatic heterocycles. The van der Waals surface area contributed by atoms with E-state index in [1.807, 2.05) is 0 Å². The average molecular weight is 534 g/mol. The Kier molecular flexibility index (Phi) is 8.82. The van der Waals surface area contributed by atoms with Gasteiger partial charge in [-0.2, -0.15) is 13.2 Å². The number of benzene rings is 2. The van der Waals surface area contributed by atoms with Crippen molar-refractivity contribution < 1.29 is 37.4 Å². The summed E-state index contributed by atoms with van der Waals surface area (Å²) in [6.07, 6.45) is -2.23. The van der Waals surface area contributed by atoms with Gasteiger partial charge in [0.15, 0.2) is 0 Å². The lowest BCUT2D eigenvalue weighted by Crippen LogP contribution is -2.33. The van der Waals surface area contributed by atoms with Crippen molar-refractivity contribution in [2.75, 3.05) is 30.3 Å². The first-order valence-electron chi connectivity index (χ1n) is 11.9. The highest BCUT2D eigenvalue weighted by molar-refractivity contribution is 6.05. The lowest BCUT2D eigenvalue weighted by Gasteiger charge is -2.20. The number of nitrogens with zero attached hydrogens (tertiary/aromatic N) is 1. The lowest BCUT2D eigenvalue weighted by atomic mass is 9.88. The number of hydrogen-bond donors (Lipinski definition) is 3. The third-order valence-electron chi connectivity index (χ3n) is 5.73. The number of likely N-dealkylation sites (tertiary alicyclic amines) is 1. The van der Waals surface area contributed by atoms with Gasteiger partial charge in [0, 0.05) is 25.1 Å². The smallest absolute Gasteiger partial charge is 0.412 e. The molecular formula is C27H30F3N3O5. The molecule has 38 heavy (non-hydrogen) atoms. The minimum Gasteiger partial charge on any atom is -0.481 e. The molecule has 8 nitrogen and oxygen atoms in total. The van der Waals surface area contributed by atoms with Crippen molar-refractivity contribution in [1.29, 1.82) is 0 Å². The van der Waals surface area contributed by atoms with E-state index in [2.05, 4.69) is 10.6 Å². The molecule has 0 aliphatic carbocycles. The van der Waals surface area contributed by atoms with Gasteiger partial charge >= 0.3 is 18.2 Å². The molecule has 1 aliphatic rings. The molecule has 204 valence electrons. The Balaban J connectivity index is 1.64. The van der Waals surface area contributed by atoms with E-state index in [0.29, 0.717) is 22.5 Å². The van der Waals surface area contributed by atoms with Gasteiger partial charge in [-0.15, -0.1) is 0 Å². The Bertz CT molecular complexity index is 1190. The van der Waals surface area contributed by atoms with Crippen LogP contribution in [0.15, 0.2) is 54.6 Å². The molecule has 0 bridgehead atoms. The summed E-state index contributed by atoms with van der Waals surface area (Å²) < 4.78 is 43.6. The average Bonchev–Trinajstić information content (AvgIpc) is 3.20. The van der Waals surface area contributed by atoms with E-state index in [-0.39, 0.29) is 13.1 Å². The quantitative estimate of drug-likeness (QED) is 0.415. The minimum absolute atomic E-state index is 0.00912. The number of nitrogens with one attached hydrogen (secondary N) is 2. The third kappa shape index (κ3) is 8.62. The molecule has 3 rings (SSSR count). The van der Waals surface area contributed by atoms with Gasteiger partial charge in [0.1, 0.15) is 5.60 Å². The van der Waals surface area contributed by atoms with Gasteiger partial charge in [-0.05, 0) is 50.1 Å². The molecular weight excluding hydrogens is 503 g/mol. The maximum atomic E-state index is 12.8. The number of carbonyl (C=O) groups excluding carboxylic acids is 2. The highest BCUT2D eigenvalue weighted by Gasteiger charge is 2.42. The molecule has 2 unspecified atom stereocenters. The molecule has 3 N–H and O–H groups in total. The van der Waals surface area contributed by atoms with Gasteiger partial charge in [-0.3, -0.25) is 19.8 Å². The number of amides is 2. The minimum atomic E-state index is -4.40. The van der Waals surface area contributed by atoms with Crippen LogP contribution in [0.3, 0.4) is 0 Å². The van der Waals surface area contributed by atoms with Crippen molar-refractivity contribution in [2.45, 2.75) is 38.5 Å². The zero-order chi connectivity index (χ0) is 28.1.